The second kappa shape index (κ2) is 9.45. The van der Waals surface area contributed by atoms with E-state index in [9.17, 15) is 9.59 Å². The van der Waals surface area contributed by atoms with Crippen LogP contribution in [0.5, 0.6) is 0 Å². The Balaban J connectivity index is 1.40. The molecule has 3 aromatic rings. The minimum absolute atomic E-state index is 0.261. The lowest BCUT2D eigenvalue weighted by Gasteiger charge is -2.23. The molecule has 1 saturated heterocycles. The van der Waals surface area contributed by atoms with Crippen molar-refractivity contribution in [1.29, 1.82) is 0 Å². The smallest absolute Gasteiger partial charge is 0.312 e. The van der Waals surface area contributed by atoms with Crippen molar-refractivity contribution in [3.63, 3.8) is 0 Å². The number of urea groups is 1. The predicted molar refractivity (Wildman–Crippen MR) is 124 cm³/mol. The van der Waals surface area contributed by atoms with E-state index in [1.807, 2.05) is 36.4 Å². The molecule has 1 aromatic heterocycles. The molecule has 1 fully saturated rings. The second-order valence-corrected chi connectivity index (χ2v) is 8.66. The van der Waals surface area contributed by atoms with Gasteiger partial charge in [-0.15, -0.1) is 10.2 Å². The first kappa shape index (κ1) is 21.3. The maximum Gasteiger partial charge on any atom is 0.322 e. The normalized spacial score (nSPS) is 15.7. The number of hydrogen-bond acceptors (Lipinski definition) is 5. The zero-order valence-corrected chi connectivity index (χ0v) is 18.5. The van der Waals surface area contributed by atoms with Crippen molar-refractivity contribution in [3.8, 4) is 10.6 Å². The van der Waals surface area contributed by atoms with E-state index < -0.39 is 6.04 Å². The van der Waals surface area contributed by atoms with E-state index in [4.69, 9.17) is 11.6 Å². The standard InChI is InChI=1S/C22H22ClN5O2S/c1-2-14-8-10-17(11-9-14)24-22(30)28-12-4-7-18(28)19(29)25-21-27-26-20(31-21)15-5-3-6-16(23)13-15/h3,5-6,8-11,13,18H,2,4,7,12H2,1H3,(H,24,30)(H,25,27,29). The molecule has 9 heteroatoms. The third-order valence-electron chi connectivity index (χ3n) is 5.16. The van der Waals surface area contributed by atoms with Gasteiger partial charge in [0.05, 0.1) is 0 Å². The van der Waals surface area contributed by atoms with E-state index >= 15 is 0 Å². The number of nitrogens with zero attached hydrogens (tertiary/aromatic N) is 3. The number of hydrogen-bond donors (Lipinski definition) is 2. The fraction of sp³-hybridized carbons (Fsp3) is 0.273. The average Bonchev–Trinajstić information content (AvgIpc) is 3.44. The quantitative estimate of drug-likeness (QED) is 0.563. The highest BCUT2D eigenvalue weighted by molar-refractivity contribution is 7.18. The van der Waals surface area contributed by atoms with Gasteiger partial charge in [-0.1, -0.05) is 54.1 Å². The Bertz CT molecular complexity index is 1090. The molecule has 2 aromatic carbocycles. The number of rotatable bonds is 5. The molecule has 3 amide bonds. The predicted octanol–water partition coefficient (Wildman–Crippen LogP) is 5.06. The summed E-state index contributed by atoms with van der Waals surface area (Å²) >= 11 is 7.30. The zero-order chi connectivity index (χ0) is 21.8. The van der Waals surface area contributed by atoms with Gasteiger partial charge in [0.2, 0.25) is 11.0 Å². The number of carbonyl (C=O) groups is 2. The molecule has 1 atom stereocenters. The van der Waals surface area contributed by atoms with Crippen LogP contribution >= 0.6 is 22.9 Å². The number of aryl methyl sites for hydroxylation is 1. The van der Waals surface area contributed by atoms with Gasteiger partial charge in [-0.05, 0) is 49.1 Å². The van der Waals surface area contributed by atoms with Crippen molar-refractivity contribution < 1.29 is 9.59 Å². The molecule has 31 heavy (non-hydrogen) atoms. The highest BCUT2D eigenvalue weighted by Gasteiger charge is 2.34. The summed E-state index contributed by atoms with van der Waals surface area (Å²) in [6.07, 6.45) is 2.31. The molecule has 1 aliphatic rings. The Morgan fingerprint density at radius 1 is 1.16 bits per heavy atom. The van der Waals surface area contributed by atoms with Crippen LogP contribution in [0.15, 0.2) is 48.5 Å². The highest BCUT2D eigenvalue weighted by atomic mass is 35.5. The van der Waals surface area contributed by atoms with Crippen LogP contribution in [0.3, 0.4) is 0 Å². The molecule has 4 rings (SSSR count). The van der Waals surface area contributed by atoms with Crippen LogP contribution in [0, 0.1) is 0 Å². The molecule has 0 aliphatic carbocycles. The first-order valence-electron chi connectivity index (χ1n) is 10.1. The summed E-state index contributed by atoms with van der Waals surface area (Å²) in [5, 5.41) is 15.5. The minimum Gasteiger partial charge on any atom is -0.312 e. The largest absolute Gasteiger partial charge is 0.322 e. The summed E-state index contributed by atoms with van der Waals surface area (Å²) < 4.78 is 0. The maximum absolute atomic E-state index is 12.9. The number of nitrogens with one attached hydrogen (secondary N) is 2. The average molecular weight is 456 g/mol. The van der Waals surface area contributed by atoms with Gasteiger partial charge in [-0.2, -0.15) is 0 Å². The SMILES string of the molecule is CCc1ccc(NC(=O)N2CCCC2C(=O)Nc2nnc(-c3cccc(Cl)c3)s2)cc1. The Hall–Kier alpha value is -2.97. The van der Waals surface area contributed by atoms with Gasteiger partial charge in [0.15, 0.2) is 0 Å². The topological polar surface area (TPSA) is 87.2 Å². The molecule has 2 heterocycles. The molecule has 0 spiro atoms. The van der Waals surface area contributed by atoms with E-state index in [1.54, 1.807) is 17.0 Å². The molecule has 0 radical (unpaired) electrons. The van der Waals surface area contributed by atoms with Crippen LogP contribution in [0.4, 0.5) is 15.6 Å². The fourth-order valence-corrected chi connectivity index (χ4v) is 4.44. The molecule has 1 unspecified atom stereocenters. The number of benzene rings is 2. The second-order valence-electron chi connectivity index (χ2n) is 7.24. The number of aromatic nitrogens is 2. The van der Waals surface area contributed by atoms with E-state index in [1.165, 1.54) is 16.9 Å². The highest BCUT2D eigenvalue weighted by Crippen LogP contribution is 2.29. The van der Waals surface area contributed by atoms with Gasteiger partial charge in [0.25, 0.3) is 0 Å². The van der Waals surface area contributed by atoms with Gasteiger partial charge >= 0.3 is 6.03 Å². The Labute approximate surface area is 189 Å². The lowest BCUT2D eigenvalue weighted by molar-refractivity contribution is -0.119. The van der Waals surface area contributed by atoms with Crippen molar-refractivity contribution in [2.24, 2.45) is 0 Å². The van der Waals surface area contributed by atoms with Crippen molar-refractivity contribution in [3.05, 3.63) is 59.1 Å². The number of halogens is 1. The fourth-order valence-electron chi connectivity index (χ4n) is 3.50. The molecule has 2 N–H and O–H groups in total. The lowest BCUT2D eigenvalue weighted by Crippen LogP contribution is -2.45. The van der Waals surface area contributed by atoms with Gasteiger partial charge in [0, 0.05) is 22.8 Å². The van der Waals surface area contributed by atoms with E-state index in [0.717, 1.165) is 18.4 Å². The summed E-state index contributed by atoms with van der Waals surface area (Å²) in [7, 11) is 0. The van der Waals surface area contributed by atoms with Crippen LogP contribution in [0.2, 0.25) is 5.02 Å². The first-order chi connectivity index (χ1) is 15.0. The molecule has 7 nitrogen and oxygen atoms in total. The summed E-state index contributed by atoms with van der Waals surface area (Å²) in [6.45, 7) is 2.61. The summed E-state index contributed by atoms with van der Waals surface area (Å²) in [6, 6.07) is 14.2. The zero-order valence-electron chi connectivity index (χ0n) is 17.0. The van der Waals surface area contributed by atoms with Gasteiger partial charge in [-0.25, -0.2) is 4.79 Å². The maximum atomic E-state index is 12.9. The van der Waals surface area contributed by atoms with Crippen LogP contribution < -0.4 is 10.6 Å². The van der Waals surface area contributed by atoms with Crippen LogP contribution in [0.1, 0.15) is 25.3 Å². The summed E-state index contributed by atoms with van der Waals surface area (Å²) in [5.74, 6) is -0.261. The van der Waals surface area contributed by atoms with E-state index in [2.05, 4.69) is 27.8 Å². The molecule has 160 valence electrons. The van der Waals surface area contributed by atoms with Crippen LogP contribution in [0.25, 0.3) is 10.6 Å². The number of likely N-dealkylation sites (tertiary alicyclic amines) is 1. The van der Waals surface area contributed by atoms with E-state index in [-0.39, 0.29) is 11.9 Å². The molecule has 0 bridgehead atoms. The Morgan fingerprint density at radius 3 is 2.71 bits per heavy atom. The molecule has 0 saturated carbocycles. The summed E-state index contributed by atoms with van der Waals surface area (Å²) in [4.78, 5) is 27.2. The minimum atomic E-state index is -0.548. The molecular weight excluding hydrogens is 434 g/mol. The first-order valence-corrected chi connectivity index (χ1v) is 11.3. The van der Waals surface area contributed by atoms with Gasteiger partial charge < -0.3 is 10.2 Å². The number of amides is 3. The third-order valence-corrected chi connectivity index (χ3v) is 6.28. The van der Waals surface area contributed by atoms with Crippen LogP contribution in [-0.4, -0.2) is 39.6 Å². The van der Waals surface area contributed by atoms with Crippen LogP contribution in [-0.2, 0) is 11.2 Å². The van der Waals surface area contributed by atoms with E-state index in [0.29, 0.717) is 33.8 Å². The lowest BCUT2D eigenvalue weighted by atomic mass is 10.1. The van der Waals surface area contributed by atoms with Crippen molar-refractivity contribution in [2.75, 3.05) is 17.2 Å². The van der Waals surface area contributed by atoms with Gasteiger partial charge in [-0.3, -0.25) is 10.1 Å². The summed E-state index contributed by atoms with van der Waals surface area (Å²) in [5.41, 5.74) is 2.75. The third kappa shape index (κ3) is 5.03. The van der Waals surface area contributed by atoms with Crippen molar-refractivity contribution in [1.82, 2.24) is 15.1 Å². The van der Waals surface area contributed by atoms with Crippen molar-refractivity contribution in [2.45, 2.75) is 32.2 Å². The monoisotopic (exact) mass is 455 g/mol. The Kier molecular flexibility index (Phi) is 6.48. The number of anilines is 2. The Morgan fingerprint density at radius 2 is 1.97 bits per heavy atom. The number of carbonyl (C=O) groups excluding carboxylic acids is 2. The van der Waals surface area contributed by atoms with Crippen molar-refractivity contribution >= 4 is 45.7 Å². The van der Waals surface area contributed by atoms with Gasteiger partial charge in [0.1, 0.15) is 11.0 Å². The molecule has 1 aliphatic heterocycles. The molecular formula is C22H22ClN5O2S.